The van der Waals surface area contributed by atoms with Crippen LogP contribution in [-0.4, -0.2) is 59.4 Å². The van der Waals surface area contributed by atoms with Crippen molar-refractivity contribution < 1.29 is 51.7 Å². The summed E-state index contributed by atoms with van der Waals surface area (Å²) in [6.45, 7) is 7.82. The van der Waals surface area contributed by atoms with Crippen LogP contribution >= 0.6 is 0 Å². The van der Waals surface area contributed by atoms with Crippen molar-refractivity contribution in [3.63, 3.8) is 0 Å². The molecular weight excluding hydrogens is 360 g/mol. The molecule has 4 N–H and O–H groups in total. The molecule has 25 heavy (non-hydrogen) atoms. The van der Waals surface area contributed by atoms with Gasteiger partial charge in [-0.15, -0.1) is 0 Å². The van der Waals surface area contributed by atoms with Gasteiger partial charge in [0.15, 0.2) is 0 Å². The van der Waals surface area contributed by atoms with Crippen molar-refractivity contribution in [2.24, 2.45) is 11.8 Å². The molecule has 0 amide bonds. The molecule has 0 bridgehead atoms. The van der Waals surface area contributed by atoms with E-state index in [0.29, 0.717) is 12.8 Å². The van der Waals surface area contributed by atoms with Crippen molar-refractivity contribution in [2.45, 2.75) is 66.2 Å². The molecule has 0 saturated carbocycles. The monoisotopic (exact) mass is 400 g/mol. The van der Waals surface area contributed by atoms with E-state index in [-0.39, 0.29) is 58.3 Å². The van der Waals surface area contributed by atoms with E-state index in [1.54, 1.807) is 0 Å². The van der Waals surface area contributed by atoms with Crippen LogP contribution in [0.3, 0.4) is 0 Å². The second-order valence-electron chi connectivity index (χ2n) is 5.01. The molecule has 0 radical (unpaired) electrons. The third-order valence-electron chi connectivity index (χ3n) is 3.33. The Labute approximate surface area is 168 Å². The van der Waals surface area contributed by atoms with Crippen molar-refractivity contribution >= 4 is 11.6 Å². The first kappa shape index (κ1) is 35.9. The van der Waals surface area contributed by atoms with Gasteiger partial charge in [0.25, 0.3) is 0 Å². The number of Topliss-reactive ketones (excluding diaryl/α,β-unsaturated/α-hetero) is 2. The van der Waals surface area contributed by atoms with E-state index in [1.807, 2.05) is 27.7 Å². The molecule has 0 heterocycles. The van der Waals surface area contributed by atoms with Gasteiger partial charge in [0.1, 0.15) is 11.6 Å². The zero-order valence-corrected chi connectivity index (χ0v) is 18.5. The van der Waals surface area contributed by atoms with Gasteiger partial charge in [-0.25, -0.2) is 0 Å². The van der Waals surface area contributed by atoms with E-state index < -0.39 is 0 Å². The van der Waals surface area contributed by atoms with Gasteiger partial charge < -0.3 is 20.4 Å². The Balaban J connectivity index is -0.0000000858. The summed E-state index contributed by atoms with van der Waals surface area (Å²) in [7, 11) is 2.00. The maximum Gasteiger partial charge on any atom is 0.138 e. The minimum Gasteiger partial charge on any atom is -0.400 e. The molecule has 0 aliphatic heterocycles. The number of carbonyl (C=O) groups excluding carboxylic acids is 2. The maximum atomic E-state index is 11.0. The normalized spacial score (nSPS) is 11.0. The Hall–Kier alpha value is -0.106. The van der Waals surface area contributed by atoms with Crippen LogP contribution in [0.4, 0.5) is 0 Å². The van der Waals surface area contributed by atoms with Crippen LogP contribution in [0.25, 0.3) is 0 Å². The summed E-state index contributed by atoms with van der Waals surface area (Å²) in [6.07, 6.45) is 4.51. The Morgan fingerprint density at radius 1 is 0.680 bits per heavy atom. The van der Waals surface area contributed by atoms with E-state index in [4.69, 9.17) is 20.4 Å². The molecule has 0 spiro atoms. The molecule has 0 aromatic rings. The molecule has 2 atom stereocenters. The van der Waals surface area contributed by atoms with Gasteiger partial charge in [0.05, 0.1) is 13.2 Å². The fourth-order valence-corrected chi connectivity index (χ4v) is 1.82. The molecule has 0 aliphatic rings. The Kier molecular flexibility index (Phi) is 45.5. The molecule has 6 nitrogen and oxygen atoms in total. The van der Waals surface area contributed by atoms with Crippen molar-refractivity contribution in [2.75, 3.05) is 27.4 Å². The van der Waals surface area contributed by atoms with Crippen molar-refractivity contribution in [1.82, 2.24) is 0 Å². The number of aliphatic hydroxyl groups is 4. The average Bonchev–Trinajstić information content (AvgIpc) is 2.62. The standard InChI is InChI=1S/2C8H16O2.2CH4O.Ti/c2*1-3-5-8(10)7(4-2)6-9;2*1-2;/h2*7,9H,3-6H2,1-2H3;2*2H,1H3;. The largest absolute Gasteiger partial charge is 0.400 e. The van der Waals surface area contributed by atoms with Gasteiger partial charge in [-0.3, -0.25) is 9.59 Å². The first-order valence-electron chi connectivity index (χ1n) is 8.68. The third-order valence-corrected chi connectivity index (χ3v) is 3.33. The predicted molar refractivity (Wildman–Crippen MR) is 97.8 cm³/mol. The number of rotatable bonds is 10. The van der Waals surface area contributed by atoms with Crippen LogP contribution in [0.1, 0.15) is 66.2 Å². The van der Waals surface area contributed by atoms with E-state index in [1.165, 1.54) is 0 Å². The van der Waals surface area contributed by atoms with E-state index >= 15 is 0 Å². The summed E-state index contributed by atoms with van der Waals surface area (Å²) >= 11 is 0. The molecule has 152 valence electrons. The zero-order chi connectivity index (χ0) is 20.0. The predicted octanol–water partition coefficient (Wildman–Crippen LogP) is 1.96. The van der Waals surface area contributed by atoms with Crippen LogP contribution in [0, 0.1) is 11.8 Å². The second kappa shape index (κ2) is 31.6. The minimum absolute atomic E-state index is 0. The van der Waals surface area contributed by atoms with Crippen LogP contribution in [-0.2, 0) is 31.3 Å². The minimum atomic E-state index is -0.111. The Morgan fingerprint density at radius 2 is 0.920 bits per heavy atom. The first-order valence-corrected chi connectivity index (χ1v) is 8.68. The summed E-state index contributed by atoms with van der Waals surface area (Å²) in [5.74, 6) is 0.180. The van der Waals surface area contributed by atoms with Gasteiger partial charge >= 0.3 is 0 Å². The molecule has 7 heteroatoms. The summed E-state index contributed by atoms with van der Waals surface area (Å²) in [4.78, 5) is 22.1. The molecule has 0 aromatic carbocycles. The number of carbonyl (C=O) groups is 2. The van der Waals surface area contributed by atoms with Crippen LogP contribution in [0.15, 0.2) is 0 Å². The fraction of sp³-hybridized carbons (Fsp3) is 0.889. The van der Waals surface area contributed by atoms with Crippen LogP contribution in [0.5, 0.6) is 0 Å². The van der Waals surface area contributed by atoms with Crippen molar-refractivity contribution in [1.29, 1.82) is 0 Å². The van der Waals surface area contributed by atoms with Gasteiger partial charge in [-0.2, -0.15) is 0 Å². The average molecular weight is 400 g/mol. The molecule has 0 saturated heterocycles. The van der Waals surface area contributed by atoms with E-state index in [2.05, 4.69) is 0 Å². The summed E-state index contributed by atoms with van der Waals surface area (Å²) in [5, 5.41) is 31.4. The number of ketones is 2. The van der Waals surface area contributed by atoms with Crippen LogP contribution in [0.2, 0.25) is 0 Å². The fourth-order valence-electron chi connectivity index (χ4n) is 1.82. The second-order valence-corrected chi connectivity index (χ2v) is 5.01. The molecule has 0 aromatic heterocycles. The van der Waals surface area contributed by atoms with Gasteiger partial charge in [0.2, 0.25) is 0 Å². The number of hydrogen-bond donors (Lipinski definition) is 4. The van der Waals surface area contributed by atoms with Gasteiger partial charge in [-0.05, 0) is 25.7 Å². The number of hydrogen-bond acceptors (Lipinski definition) is 6. The Bertz CT molecular complexity index is 228. The smallest absolute Gasteiger partial charge is 0.138 e. The summed E-state index contributed by atoms with van der Waals surface area (Å²) in [5.41, 5.74) is 0. The van der Waals surface area contributed by atoms with E-state index in [9.17, 15) is 9.59 Å². The van der Waals surface area contributed by atoms with E-state index in [0.717, 1.165) is 39.9 Å². The molecule has 2 unspecified atom stereocenters. The maximum absolute atomic E-state index is 11.0. The zero-order valence-electron chi connectivity index (χ0n) is 16.9. The van der Waals surface area contributed by atoms with Gasteiger partial charge in [0, 0.05) is 60.6 Å². The van der Waals surface area contributed by atoms with Crippen molar-refractivity contribution in [3.05, 3.63) is 0 Å². The van der Waals surface area contributed by atoms with Gasteiger partial charge in [-0.1, -0.05) is 27.7 Å². The number of aliphatic hydroxyl groups excluding tert-OH is 4. The van der Waals surface area contributed by atoms with Crippen LogP contribution < -0.4 is 0 Å². The summed E-state index contributed by atoms with van der Waals surface area (Å²) in [6, 6.07) is 0. The first-order chi connectivity index (χ1) is 11.5. The molecule has 0 rings (SSSR count). The SMILES string of the molecule is CCCC(=O)C(CC)CO.CCCC(=O)C(CC)CO.CO.CO.[Ti]. The topological polar surface area (TPSA) is 115 Å². The Morgan fingerprint density at radius 3 is 1.04 bits per heavy atom. The molecule has 0 fully saturated rings. The molecule has 0 aliphatic carbocycles. The van der Waals surface area contributed by atoms with Crippen molar-refractivity contribution in [3.8, 4) is 0 Å². The third kappa shape index (κ3) is 23.9. The summed E-state index contributed by atoms with van der Waals surface area (Å²) < 4.78 is 0. The molecular formula is C18H40O6Ti. The quantitative estimate of drug-likeness (QED) is 0.417.